The standard InChI is InChI=1S/C13H14N2O4/c1-9(12-4-3-7-19-12)14-10-5-6-11(15(16)17)13(8-10)18-2/h3-9,14H,1-2H3. The number of anilines is 1. The molecule has 1 aromatic heterocycles. The van der Waals surface area contributed by atoms with Crippen LogP contribution in [0.5, 0.6) is 5.75 Å². The topological polar surface area (TPSA) is 77.5 Å². The largest absolute Gasteiger partial charge is 0.490 e. The molecule has 0 bridgehead atoms. The maximum absolute atomic E-state index is 10.8. The SMILES string of the molecule is COc1cc(NC(C)c2ccco2)ccc1[N+](=O)[O-]. The van der Waals surface area contributed by atoms with Gasteiger partial charge in [-0.2, -0.15) is 0 Å². The Labute approximate surface area is 110 Å². The van der Waals surface area contributed by atoms with Gasteiger partial charge in [-0.15, -0.1) is 0 Å². The zero-order valence-corrected chi connectivity index (χ0v) is 10.6. The first kappa shape index (κ1) is 12.9. The van der Waals surface area contributed by atoms with Crippen LogP contribution in [0.4, 0.5) is 11.4 Å². The van der Waals surface area contributed by atoms with E-state index in [1.165, 1.54) is 13.2 Å². The van der Waals surface area contributed by atoms with Gasteiger partial charge in [-0.1, -0.05) is 0 Å². The van der Waals surface area contributed by atoms with Crippen molar-refractivity contribution in [2.45, 2.75) is 13.0 Å². The third-order valence-corrected chi connectivity index (χ3v) is 2.73. The van der Waals surface area contributed by atoms with Gasteiger partial charge in [0, 0.05) is 17.8 Å². The molecule has 19 heavy (non-hydrogen) atoms. The molecule has 2 aromatic rings. The quantitative estimate of drug-likeness (QED) is 0.660. The molecule has 6 heteroatoms. The van der Waals surface area contributed by atoms with Crippen LogP contribution in [-0.2, 0) is 0 Å². The number of hydrogen-bond acceptors (Lipinski definition) is 5. The maximum atomic E-state index is 10.8. The lowest BCUT2D eigenvalue weighted by molar-refractivity contribution is -0.385. The number of hydrogen-bond donors (Lipinski definition) is 1. The molecule has 1 heterocycles. The Morgan fingerprint density at radius 2 is 2.21 bits per heavy atom. The molecule has 0 aliphatic carbocycles. The third kappa shape index (κ3) is 2.85. The van der Waals surface area contributed by atoms with Crippen LogP contribution in [0.1, 0.15) is 18.7 Å². The second kappa shape index (κ2) is 5.43. The van der Waals surface area contributed by atoms with Gasteiger partial charge in [0.15, 0.2) is 5.75 Å². The molecular weight excluding hydrogens is 248 g/mol. The van der Waals surface area contributed by atoms with Crippen molar-refractivity contribution in [2.24, 2.45) is 0 Å². The first-order valence-electron chi connectivity index (χ1n) is 5.74. The van der Waals surface area contributed by atoms with Crippen LogP contribution in [0.15, 0.2) is 41.0 Å². The van der Waals surface area contributed by atoms with Crippen LogP contribution in [0, 0.1) is 10.1 Å². The highest BCUT2D eigenvalue weighted by Crippen LogP contribution is 2.31. The van der Waals surface area contributed by atoms with Crippen molar-refractivity contribution < 1.29 is 14.1 Å². The number of ether oxygens (including phenoxy) is 1. The molecule has 2 rings (SSSR count). The summed E-state index contributed by atoms with van der Waals surface area (Å²) in [6.45, 7) is 1.94. The number of nitrogens with one attached hydrogen (secondary N) is 1. The van der Waals surface area contributed by atoms with Crippen molar-refractivity contribution in [2.75, 3.05) is 12.4 Å². The van der Waals surface area contributed by atoms with Crippen molar-refractivity contribution in [1.82, 2.24) is 0 Å². The highest BCUT2D eigenvalue weighted by Gasteiger charge is 2.16. The van der Waals surface area contributed by atoms with Crippen LogP contribution >= 0.6 is 0 Å². The van der Waals surface area contributed by atoms with Gasteiger partial charge in [-0.3, -0.25) is 10.1 Å². The monoisotopic (exact) mass is 262 g/mol. The fourth-order valence-electron chi connectivity index (χ4n) is 1.78. The lowest BCUT2D eigenvalue weighted by atomic mass is 10.2. The summed E-state index contributed by atoms with van der Waals surface area (Å²) in [5.74, 6) is 1.01. The second-order valence-electron chi connectivity index (χ2n) is 4.03. The molecule has 1 aromatic carbocycles. The summed E-state index contributed by atoms with van der Waals surface area (Å²) in [4.78, 5) is 10.3. The van der Waals surface area contributed by atoms with Gasteiger partial charge in [-0.05, 0) is 25.1 Å². The lowest BCUT2D eigenvalue weighted by Gasteiger charge is -2.13. The molecule has 1 unspecified atom stereocenters. The number of nitrogens with zero attached hydrogens (tertiary/aromatic N) is 1. The predicted octanol–water partition coefficient (Wildman–Crippen LogP) is 3.37. The normalized spacial score (nSPS) is 11.9. The Kier molecular flexibility index (Phi) is 3.70. The van der Waals surface area contributed by atoms with Crippen LogP contribution in [0.25, 0.3) is 0 Å². The molecule has 1 atom stereocenters. The van der Waals surface area contributed by atoms with Crippen molar-refractivity contribution in [3.8, 4) is 5.75 Å². The zero-order valence-electron chi connectivity index (χ0n) is 10.6. The van der Waals surface area contributed by atoms with E-state index in [9.17, 15) is 10.1 Å². The summed E-state index contributed by atoms with van der Waals surface area (Å²) in [6.07, 6.45) is 1.60. The van der Waals surface area contributed by atoms with Crippen molar-refractivity contribution in [3.05, 3.63) is 52.5 Å². The van der Waals surface area contributed by atoms with Crippen LogP contribution in [-0.4, -0.2) is 12.0 Å². The fraction of sp³-hybridized carbons (Fsp3) is 0.231. The Balaban J connectivity index is 2.20. The molecule has 0 spiro atoms. The van der Waals surface area contributed by atoms with E-state index in [4.69, 9.17) is 9.15 Å². The lowest BCUT2D eigenvalue weighted by Crippen LogP contribution is -2.06. The number of rotatable bonds is 5. The van der Waals surface area contributed by atoms with Gasteiger partial charge in [-0.25, -0.2) is 0 Å². The third-order valence-electron chi connectivity index (χ3n) is 2.73. The van der Waals surface area contributed by atoms with E-state index in [1.807, 2.05) is 19.1 Å². The number of nitro groups is 1. The molecule has 0 radical (unpaired) electrons. The number of furan rings is 1. The Morgan fingerprint density at radius 3 is 2.79 bits per heavy atom. The molecular formula is C13H14N2O4. The number of methoxy groups -OCH3 is 1. The fourth-order valence-corrected chi connectivity index (χ4v) is 1.78. The van der Waals surface area contributed by atoms with Gasteiger partial charge in [0.25, 0.3) is 0 Å². The van der Waals surface area contributed by atoms with Crippen LogP contribution < -0.4 is 10.1 Å². The summed E-state index contributed by atoms with van der Waals surface area (Å²) in [5.41, 5.74) is 0.671. The highest BCUT2D eigenvalue weighted by atomic mass is 16.6. The molecule has 100 valence electrons. The van der Waals surface area contributed by atoms with Crippen molar-refractivity contribution >= 4 is 11.4 Å². The van der Waals surface area contributed by atoms with Crippen molar-refractivity contribution in [1.29, 1.82) is 0 Å². The molecule has 1 N–H and O–H groups in total. The summed E-state index contributed by atoms with van der Waals surface area (Å²) >= 11 is 0. The van der Waals surface area contributed by atoms with Crippen LogP contribution in [0.2, 0.25) is 0 Å². The van der Waals surface area contributed by atoms with E-state index >= 15 is 0 Å². The van der Waals surface area contributed by atoms with E-state index in [0.29, 0.717) is 0 Å². The molecule has 0 fully saturated rings. The van der Waals surface area contributed by atoms with E-state index < -0.39 is 4.92 Å². The molecule has 6 nitrogen and oxygen atoms in total. The molecule has 0 saturated heterocycles. The van der Waals surface area contributed by atoms with Gasteiger partial charge in [0.2, 0.25) is 0 Å². The first-order chi connectivity index (χ1) is 9.11. The Hall–Kier alpha value is -2.50. The second-order valence-corrected chi connectivity index (χ2v) is 4.03. The molecule has 0 aliphatic heterocycles. The van der Waals surface area contributed by atoms with E-state index in [1.54, 1.807) is 18.4 Å². The molecule has 0 amide bonds. The average Bonchev–Trinajstić information content (AvgIpc) is 2.92. The first-order valence-corrected chi connectivity index (χ1v) is 5.74. The Bertz CT molecular complexity index is 566. The Morgan fingerprint density at radius 1 is 1.42 bits per heavy atom. The van der Waals surface area contributed by atoms with Gasteiger partial charge in [0.1, 0.15) is 5.76 Å². The molecule has 0 saturated carbocycles. The van der Waals surface area contributed by atoms with Gasteiger partial charge >= 0.3 is 5.69 Å². The zero-order chi connectivity index (χ0) is 13.8. The van der Waals surface area contributed by atoms with Gasteiger partial charge < -0.3 is 14.5 Å². The summed E-state index contributed by atoms with van der Waals surface area (Å²) in [6, 6.07) is 8.28. The minimum atomic E-state index is -0.474. The van der Waals surface area contributed by atoms with E-state index in [2.05, 4.69) is 5.32 Å². The maximum Gasteiger partial charge on any atom is 0.311 e. The summed E-state index contributed by atoms with van der Waals surface area (Å²) in [7, 11) is 1.40. The number of benzene rings is 1. The van der Waals surface area contributed by atoms with Crippen LogP contribution in [0.3, 0.4) is 0 Å². The van der Waals surface area contributed by atoms with E-state index in [0.717, 1.165) is 11.4 Å². The predicted molar refractivity (Wildman–Crippen MR) is 70.4 cm³/mol. The minimum Gasteiger partial charge on any atom is -0.490 e. The smallest absolute Gasteiger partial charge is 0.311 e. The number of nitro benzene ring substituents is 1. The minimum absolute atomic E-state index is 0.0406. The average molecular weight is 262 g/mol. The summed E-state index contributed by atoms with van der Waals surface area (Å²) in [5, 5.41) is 14.0. The molecule has 0 aliphatic rings. The van der Waals surface area contributed by atoms with Crippen molar-refractivity contribution in [3.63, 3.8) is 0 Å². The summed E-state index contributed by atoms with van der Waals surface area (Å²) < 4.78 is 10.3. The highest BCUT2D eigenvalue weighted by molar-refractivity contribution is 5.58. The van der Waals surface area contributed by atoms with E-state index in [-0.39, 0.29) is 17.5 Å². The van der Waals surface area contributed by atoms with Gasteiger partial charge in [0.05, 0.1) is 24.3 Å².